The largest absolute Gasteiger partial charge is 0.457 e. The van der Waals surface area contributed by atoms with Crippen LogP contribution >= 0.6 is 0 Å². The highest BCUT2D eigenvalue weighted by Gasteiger charge is 2.28. The summed E-state index contributed by atoms with van der Waals surface area (Å²) in [6.07, 6.45) is 3.81. The number of para-hydroxylation sites is 1. The van der Waals surface area contributed by atoms with Gasteiger partial charge in [-0.05, 0) is 56.3 Å². The van der Waals surface area contributed by atoms with Gasteiger partial charge < -0.3 is 15.4 Å². The van der Waals surface area contributed by atoms with Gasteiger partial charge in [-0.25, -0.2) is 0 Å². The average molecular weight is 310 g/mol. The third-order valence-electron chi connectivity index (χ3n) is 4.81. The van der Waals surface area contributed by atoms with Gasteiger partial charge in [0, 0.05) is 18.5 Å². The van der Waals surface area contributed by atoms with Crippen molar-refractivity contribution in [2.24, 2.45) is 5.73 Å². The normalized spacial score (nSPS) is 20.2. The number of piperidine rings is 1. The number of benzene rings is 2. The summed E-state index contributed by atoms with van der Waals surface area (Å²) in [6, 6.07) is 18.8. The van der Waals surface area contributed by atoms with E-state index in [9.17, 15) is 0 Å². The number of ether oxygens (including phenoxy) is 1. The molecule has 2 unspecified atom stereocenters. The molecule has 122 valence electrons. The maximum absolute atomic E-state index is 6.13. The van der Waals surface area contributed by atoms with Crippen LogP contribution in [-0.4, -0.2) is 31.1 Å². The molecule has 0 amide bonds. The zero-order valence-electron chi connectivity index (χ0n) is 13.8. The lowest BCUT2D eigenvalue weighted by Gasteiger charge is -2.38. The molecule has 1 heterocycles. The topological polar surface area (TPSA) is 38.5 Å². The van der Waals surface area contributed by atoms with Gasteiger partial charge >= 0.3 is 0 Å². The van der Waals surface area contributed by atoms with E-state index in [0.717, 1.165) is 11.5 Å². The first-order valence-electron chi connectivity index (χ1n) is 8.51. The SMILES string of the molecule is CN1CCCCC1C(CN)c1cccc(Oc2ccccc2)c1. The van der Waals surface area contributed by atoms with Crippen LogP contribution in [0.25, 0.3) is 0 Å². The van der Waals surface area contributed by atoms with Crippen LogP contribution in [0.4, 0.5) is 0 Å². The molecule has 1 fully saturated rings. The van der Waals surface area contributed by atoms with E-state index >= 15 is 0 Å². The number of hydrogen-bond acceptors (Lipinski definition) is 3. The third kappa shape index (κ3) is 3.92. The second-order valence-corrected chi connectivity index (χ2v) is 6.37. The van der Waals surface area contributed by atoms with Crippen LogP contribution in [-0.2, 0) is 0 Å². The molecule has 0 aromatic heterocycles. The molecule has 23 heavy (non-hydrogen) atoms. The van der Waals surface area contributed by atoms with Gasteiger partial charge in [0.1, 0.15) is 11.5 Å². The molecule has 1 aliphatic rings. The lowest BCUT2D eigenvalue weighted by molar-refractivity contribution is 0.160. The summed E-state index contributed by atoms with van der Waals surface area (Å²) in [5.74, 6) is 2.11. The van der Waals surface area contributed by atoms with Crippen molar-refractivity contribution >= 4 is 0 Å². The summed E-state index contributed by atoms with van der Waals surface area (Å²) in [7, 11) is 2.22. The molecular formula is C20H26N2O. The molecule has 0 radical (unpaired) electrons. The fourth-order valence-electron chi connectivity index (χ4n) is 3.56. The van der Waals surface area contributed by atoms with Gasteiger partial charge in [-0.2, -0.15) is 0 Å². The van der Waals surface area contributed by atoms with E-state index in [2.05, 4.69) is 30.1 Å². The van der Waals surface area contributed by atoms with Crippen molar-refractivity contribution in [1.82, 2.24) is 4.90 Å². The molecule has 2 atom stereocenters. The fraction of sp³-hybridized carbons (Fsp3) is 0.400. The summed E-state index contributed by atoms with van der Waals surface area (Å²) >= 11 is 0. The monoisotopic (exact) mass is 310 g/mol. The third-order valence-corrected chi connectivity index (χ3v) is 4.81. The van der Waals surface area contributed by atoms with Crippen LogP contribution in [0, 0.1) is 0 Å². The summed E-state index contributed by atoms with van der Waals surface area (Å²) in [6.45, 7) is 1.84. The molecule has 0 saturated carbocycles. The van der Waals surface area contributed by atoms with Crippen molar-refractivity contribution in [2.45, 2.75) is 31.2 Å². The molecule has 3 rings (SSSR count). The maximum Gasteiger partial charge on any atom is 0.127 e. The lowest BCUT2D eigenvalue weighted by Crippen LogP contribution is -2.42. The number of hydrogen-bond donors (Lipinski definition) is 1. The predicted molar refractivity (Wildman–Crippen MR) is 95.0 cm³/mol. The molecule has 2 N–H and O–H groups in total. The molecule has 3 nitrogen and oxygen atoms in total. The molecule has 1 aliphatic heterocycles. The van der Waals surface area contributed by atoms with Crippen molar-refractivity contribution in [2.75, 3.05) is 20.1 Å². The highest BCUT2D eigenvalue weighted by Crippen LogP contribution is 2.31. The minimum Gasteiger partial charge on any atom is -0.457 e. The second kappa shape index (κ2) is 7.62. The van der Waals surface area contributed by atoms with Crippen molar-refractivity contribution in [3.63, 3.8) is 0 Å². The van der Waals surface area contributed by atoms with Crippen LogP contribution < -0.4 is 10.5 Å². The maximum atomic E-state index is 6.13. The summed E-state index contributed by atoms with van der Waals surface area (Å²) in [4.78, 5) is 2.46. The van der Waals surface area contributed by atoms with E-state index in [4.69, 9.17) is 10.5 Å². The Balaban J connectivity index is 1.79. The van der Waals surface area contributed by atoms with Crippen molar-refractivity contribution in [1.29, 1.82) is 0 Å². The zero-order chi connectivity index (χ0) is 16.1. The van der Waals surface area contributed by atoms with Gasteiger partial charge in [-0.1, -0.05) is 36.8 Å². The number of rotatable bonds is 5. The lowest BCUT2D eigenvalue weighted by atomic mass is 9.85. The summed E-state index contributed by atoms with van der Waals surface area (Å²) in [5.41, 5.74) is 7.41. The predicted octanol–water partition coefficient (Wildman–Crippen LogP) is 4.01. The van der Waals surface area contributed by atoms with Crippen molar-refractivity contribution < 1.29 is 4.74 Å². The van der Waals surface area contributed by atoms with E-state index in [-0.39, 0.29) is 0 Å². The quantitative estimate of drug-likeness (QED) is 0.907. The molecule has 0 bridgehead atoms. The molecule has 0 spiro atoms. The zero-order valence-corrected chi connectivity index (χ0v) is 13.8. The van der Waals surface area contributed by atoms with Crippen LogP contribution in [0.2, 0.25) is 0 Å². The van der Waals surface area contributed by atoms with Gasteiger partial charge in [0.05, 0.1) is 0 Å². The average Bonchev–Trinajstić information content (AvgIpc) is 2.59. The van der Waals surface area contributed by atoms with Crippen LogP contribution in [0.5, 0.6) is 11.5 Å². The van der Waals surface area contributed by atoms with Gasteiger partial charge in [0.25, 0.3) is 0 Å². The molecule has 1 saturated heterocycles. The smallest absolute Gasteiger partial charge is 0.127 e. The molecule has 2 aromatic carbocycles. The minimum atomic E-state index is 0.361. The Morgan fingerprint density at radius 1 is 1.09 bits per heavy atom. The Bertz CT molecular complexity index is 614. The standard InChI is InChI=1S/C20H26N2O/c1-22-13-6-5-12-20(22)19(15-21)16-8-7-11-18(14-16)23-17-9-3-2-4-10-17/h2-4,7-11,14,19-20H,5-6,12-13,15,21H2,1H3. The first kappa shape index (κ1) is 16.0. The Morgan fingerprint density at radius 2 is 1.87 bits per heavy atom. The molecule has 3 heteroatoms. The van der Waals surface area contributed by atoms with E-state index < -0.39 is 0 Å². The van der Waals surface area contributed by atoms with E-state index in [1.807, 2.05) is 36.4 Å². The highest BCUT2D eigenvalue weighted by molar-refractivity contribution is 5.36. The number of nitrogens with zero attached hydrogens (tertiary/aromatic N) is 1. The second-order valence-electron chi connectivity index (χ2n) is 6.37. The fourth-order valence-corrected chi connectivity index (χ4v) is 3.56. The van der Waals surface area contributed by atoms with Gasteiger partial charge in [0.15, 0.2) is 0 Å². The minimum absolute atomic E-state index is 0.361. The Kier molecular flexibility index (Phi) is 5.31. The van der Waals surface area contributed by atoms with Gasteiger partial charge in [-0.3, -0.25) is 0 Å². The molecule has 2 aromatic rings. The molecular weight excluding hydrogens is 284 g/mol. The Morgan fingerprint density at radius 3 is 2.61 bits per heavy atom. The van der Waals surface area contributed by atoms with E-state index in [0.29, 0.717) is 18.5 Å². The number of likely N-dealkylation sites (N-methyl/N-ethyl adjacent to an activating group) is 1. The Labute approximate surface area is 139 Å². The number of nitrogens with two attached hydrogens (primary N) is 1. The van der Waals surface area contributed by atoms with Crippen molar-refractivity contribution in [3.8, 4) is 11.5 Å². The van der Waals surface area contributed by atoms with E-state index in [1.54, 1.807) is 0 Å². The Hall–Kier alpha value is -1.84. The van der Waals surface area contributed by atoms with Crippen molar-refractivity contribution in [3.05, 3.63) is 60.2 Å². The number of likely N-dealkylation sites (tertiary alicyclic amines) is 1. The first-order valence-corrected chi connectivity index (χ1v) is 8.51. The van der Waals surface area contributed by atoms with Crippen LogP contribution in [0.15, 0.2) is 54.6 Å². The highest BCUT2D eigenvalue weighted by atomic mass is 16.5. The van der Waals surface area contributed by atoms with Crippen LogP contribution in [0.3, 0.4) is 0 Å². The van der Waals surface area contributed by atoms with Crippen LogP contribution in [0.1, 0.15) is 30.7 Å². The molecule has 0 aliphatic carbocycles. The van der Waals surface area contributed by atoms with Gasteiger partial charge in [0.2, 0.25) is 0 Å². The van der Waals surface area contributed by atoms with E-state index in [1.165, 1.54) is 31.4 Å². The van der Waals surface area contributed by atoms with Gasteiger partial charge in [-0.15, -0.1) is 0 Å². The first-order chi connectivity index (χ1) is 11.3. The summed E-state index contributed by atoms with van der Waals surface area (Å²) < 4.78 is 5.97. The summed E-state index contributed by atoms with van der Waals surface area (Å²) in [5, 5.41) is 0.